The lowest BCUT2D eigenvalue weighted by Crippen LogP contribution is -2.56. The van der Waals surface area contributed by atoms with E-state index in [2.05, 4.69) is 13.8 Å². The summed E-state index contributed by atoms with van der Waals surface area (Å²) in [7, 11) is 0. The van der Waals surface area contributed by atoms with Gasteiger partial charge in [0.1, 0.15) is 0 Å². The summed E-state index contributed by atoms with van der Waals surface area (Å²) >= 11 is 0. The molecule has 4 heteroatoms. The second-order valence-corrected chi connectivity index (χ2v) is 12.1. The Labute approximate surface area is 276 Å². The fourth-order valence-corrected chi connectivity index (χ4v) is 6.41. The molecule has 0 N–H and O–H groups in total. The normalized spacial score (nSPS) is 11.6. The topological polar surface area (TPSA) is 52.6 Å². The van der Waals surface area contributed by atoms with Crippen molar-refractivity contribution in [3.05, 3.63) is 144 Å². The molecule has 4 nitrogen and oxygen atoms in total. The first-order valence-electron chi connectivity index (χ1n) is 17.2. The van der Waals surface area contributed by atoms with Gasteiger partial charge in [-0.3, -0.25) is 9.59 Å². The van der Waals surface area contributed by atoms with Gasteiger partial charge in [-0.1, -0.05) is 187 Å². The van der Waals surface area contributed by atoms with E-state index in [9.17, 15) is 9.59 Å². The van der Waals surface area contributed by atoms with Crippen LogP contribution >= 0.6 is 0 Å². The standard InChI is InChI=1S/C42H50O4/c1-3-5-7-9-23-33-39(43)45-41(35-25-15-11-16-26-35,36-27-17-12-18-28-36)42(37-29-19-13-20-30-37,38-31-21-14-22-32-38)46-40(44)34-24-10-8-6-4-2/h11-22,25-32H,3-10,23-24,33-34H2,1-2H3. The average molecular weight is 619 g/mol. The summed E-state index contributed by atoms with van der Waals surface area (Å²) in [4.78, 5) is 28.3. The Morgan fingerprint density at radius 1 is 0.413 bits per heavy atom. The van der Waals surface area contributed by atoms with E-state index in [-0.39, 0.29) is 24.8 Å². The molecular weight excluding hydrogens is 568 g/mol. The second-order valence-electron chi connectivity index (χ2n) is 12.1. The minimum Gasteiger partial charge on any atom is -0.444 e. The molecule has 0 aliphatic heterocycles. The van der Waals surface area contributed by atoms with Gasteiger partial charge in [0.25, 0.3) is 0 Å². The zero-order chi connectivity index (χ0) is 32.5. The number of hydrogen-bond donors (Lipinski definition) is 0. The number of esters is 2. The number of carbonyl (C=O) groups is 2. The van der Waals surface area contributed by atoms with E-state index in [1.807, 2.05) is 121 Å². The van der Waals surface area contributed by atoms with Gasteiger partial charge < -0.3 is 9.47 Å². The Morgan fingerprint density at radius 2 is 0.674 bits per heavy atom. The summed E-state index contributed by atoms with van der Waals surface area (Å²) in [5.41, 5.74) is -0.186. The Balaban J connectivity index is 1.97. The average Bonchev–Trinajstić information content (AvgIpc) is 3.11. The van der Waals surface area contributed by atoms with Crippen LogP contribution in [0.25, 0.3) is 0 Å². The third-order valence-electron chi connectivity index (χ3n) is 8.72. The van der Waals surface area contributed by atoms with Crippen LogP contribution in [-0.2, 0) is 30.3 Å². The van der Waals surface area contributed by atoms with Crippen molar-refractivity contribution in [3.63, 3.8) is 0 Å². The van der Waals surface area contributed by atoms with Gasteiger partial charge in [0.2, 0.25) is 11.2 Å². The molecule has 0 amide bonds. The molecule has 0 radical (unpaired) electrons. The van der Waals surface area contributed by atoms with Crippen LogP contribution in [0.15, 0.2) is 121 Å². The Bertz CT molecular complexity index is 1240. The molecule has 0 saturated carbocycles. The summed E-state index contributed by atoms with van der Waals surface area (Å²) in [6, 6.07) is 39.1. The van der Waals surface area contributed by atoms with Gasteiger partial charge in [-0.15, -0.1) is 0 Å². The van der Waals surface area contributed by atoms with Crippen molar-refractivity contribution in [2.45, 2.75) is 102 Å². The number of unbranched alkanes of at least 4 members (excludes halogenated alkanes) is 8. The smallest absolute Gasteiger partial charge is 0.307 e. The highest BCUT2D eigenvalue weighted by atomic mass is 16.6. The zero-order valence-corrected chi connectivity index (χ0v) is 27.7. The van der Waals surface area contributed by atoms with Crippen LogP contribution in [0, 0.1) is 0 Å². The van der Waals surface area contributed by atoms with E-state index in [0.717, 1.165) is 86.5 Å². The molecule has 0 aliphatic rings. The number of benzene rings is 4. The molecule has 0 spiro atoms. The maximum atomic E-state index is 14.1. The summed E-state index contributed by atoms with van der Waals surface area (Å²) in [6.07, 6.45) is 10.7. The first kappa shape index (κ1) is 34.7. The van der Waals surface area contributed by atoms with Gasteiger partial charge in [0.15, 0.2) is 0 Å². The molecule has 0 atom stereocenters. The predicted octanol–water partition coefficient (Wildman–Crippen LogP) is 10.7. The number of hydrogen-bond acceptors (Lipinski definition) is 4. The molecule has 0 bridgehead atoms. The highest BCUT2D eigenvalue weighted by molar-refractivity contribution is 5.74. The van der Waals surface area contributed by atoms with Crippen LogP contribution in [-0.4, -0.2) is 11.9 Å². The molecule has 4 aromatic carbocycles. The molecule has 0 heterocycles. The second kappa shape index (κ2) is 18.1. The Hall–Kier alpha value is -4.18. The van der Waals surface area contributed by atoms with Crippen molar-refractivity contribution < 1.29 is 19.1 Å². The SMILES string of the molecule is CCCCCCCC(=O)OC(c1ccccc1)(c1ccccc1)C(OC(=O)CCCCCCC)(c1ccccc1)c1ccccc1. The van der Waals surface area contributed by atoms with Crippen molar-refractivity contribution in [1.82, 2.24) is 0 Å². The predicted molar refractivity (Wildman–Crippen MR) is 186 cm³/mol. The third-order valence-corrected chi connectivity index (χ3v) is 8.72. The van der Waals surface area contributed by atoms with E-state index >= 15 is 0 Å². The molecule has 4 aromatic rings. The molecular formula is C42H50O4. The minimum atomic E-state index is -1.55. The highest BCUT2D eigenvalue weighted by Gasteiger charge is 2.62. The van der Waals surface area contributed by atoms with Gasteiger partial charge in [0, 0.05) is 35.1 Å². The molecule has 0 saturated heterocycles. The van der Waals surface area contributed by atoms with E-state index in [4.69, 9.17) is 9.47 Å². The van der Waals surface area contributed by atoms with Crippen molar-refractivity contribution in [2.75, 3.05) is 0 Å². The molecule has 0 unspecified atom stereocenters. The maximum absolute atomic E-state index is 14.1. The van der Waals surface area contributed by atoms with Gasteiger partial charge in [0.05, 0.1) is 0 Å². The lowest BCUT2D eigenvalue weighted by Gasteiger charge is -2.50. The maximum Gasteiger partial charge on any atom is 0.307 e. The van der Waals surface area contributed by atoms with Crippen molar-refractivity contribution in [3.8, 4) is 0 Å². The van der Waals surface area contributed by atoms with Crippen LogP contribution in [0.2, 0.25) is 0 Å². The molecule has 46 heavy (non-hydrogen) atoms. The first-order chi connectivity index (χ1) is 22.6. The fraction of sp³-hybridized carbons (Fsp3) is 0.381. The molecule has 4 rings (SSSR count). The lowest BCUT2D eigenvalue weighted by atomic mass is 9.65. The monoisotopic (exact) mass is 618 g/mol. The zero-order valence-electron chi connectivity index (χ0n) is 27.7. The minimum absolute atomic E-state index is 0.274. The summed E-state index contributed by atoms with van der Waals surface area (Å²) in [5.74, 6) is -0.646. The quantitative estimate of drug-likeness (QED) is 0.0775. The van der Waals surface area contributed by atoms with Gasteiger partial charge in [-0.25, -0.2) is 0 Å². The fourth-order valence-electron chi connectivity index (χ4n) is 6.41. The van der Waals surface area contributed by atoms with Gasteiger partial charge >= 0.3 is 11.9 Å². The number of carbonyl (C=O) groups excluding carboxylic acids is 2. The van der Waals surface area contributed by atoms with Crippen LogP contribution in [0.3, 0.4) is 0 Å². The van der Waals surface area contributed by atoms with Crippen LogP contribution in [0.5, 0.6) is 0 Å². The molecule has 0 aliphatic carbocycles. The van der Waals surface area contributed by atoms with Crippen molar-refractivity contribution in [2.24, 2.45) is 0 Å². The van der Waals surface area contributed by atoms with Gasteiger partial charge in [-0.2, -0.15) is 0 Å². The summed E-state index contributed by atoms with van der Waals surface area (Å²) in [6.45, 7) is 4.36. The largest absolute Gasteiger partial charge is 0.444 e. The molecule has 0 aromatic heterocycles. The van der Waals surface area contributed by atoms with Crippen LogP contribution < -0.4 is 0 Å². The Morgan fingerprint density at radius 3 is 0.935 bits per heavy atom. The van der Waals surface area contributed by atoms with E-state index in [1.165, 1.54) is 0 Å². The van der Waals surface area contributed by atoms with Crippen molar-refractivity contribution in [1.29, 1.82) is 0 Å². The summed E-state index contributed by atoms with van der Waals surface area (Å²) in [5, 5.41) is 0. The highest BCUT2D eigenvalue weighted by Crippen LogP contribution is 2.55. The molecule has 242 valence electrons. The molecule has 0 fully saturated rings. The van der Waals surface area contributed by atoms with Gasteiger partial charge in [-0.05, 0) is 12.8 Å². The van der Waals surface area contributed by atoms with Crippen molar-refractivity contribution >= 4 is 11.9 Å². The van der Waals surface area contributed by atoms with Crippen LogP contribution in [0.4, 0.5) is 0 Å². The summed E-state index contributed by atoms with van der Waals surface area (Å²) < 4.78 is 13.9. The van der Waals surface area contributed by atoms with Crippen LogP contribution in [0.1, 0.15) is 113 Å². The van der Waals surface area contributed by atoms with E-state index in [1.54, 1.807) is 0 Å². The van der Waals surface area contributed by atoms with E-state index < -0.39 is 11.2 Å². The number of ether oxygens (including phenoxy) is 2. The third kappa shape index (κ3) is 8.34. The first-order valence-corrected chi connectivity index (χ1v) is 17.2. The Kier molecular flexibility index (Phi) is 13.6. The number of rotatable bonds is 19. The lowest BCUT2D eigenvalue weighted by molar-refractivity contribution is -0.202. The van der Waals surface area contributed by atoms with E-state index in [0.29, 0.717) is 0 Å².